The predicted octanol–water partition coefficient (Wildman–Crippen LogP) is -0.304. The van der Waals surface area contributed by atoms with E-state index in [0.29, 0.717) is 11.5 Å². The zero-order chi connectivity index (χ0) is 12.5. The number of carboxylic acids is 1. The number of nitrogens with zero attached hydrogens (tertiary/aromatic N) is 2. The van der Waals surface area contributed by atoms with Crippen LogP contribution in [0.3, 0.4) is 0 Å². The topological polar surface area (TPSA) is 92.4 Å². The molecule has 6 heteroatoms. The molecule has 0 radical (unpaired) electrons. The van der Waals surface area contributed by atoms with Gasteiger partial charge in [-0.25, -0.2) is 9.78 Å². The first-order valence-electron chi connectivity index (χ1n) is 4.75. The second kappa shape index (κ2) is 4.05. The van der Waals surface area contributed by atoms with Gasteiger partial charge in [-0.2, -0.15) is 0 Å². The molecular formula is C10H14N2O4. The number of carbonyl (C=O) groups is 1. The van der Waals surface area contributed by atoms with E-state index < -0.39 is 11.6 Å². The van der Waals surface area contributed by atoms with Crippen molar-refractivity contribution in [2.24, 2.45) is 0 Å². The van der Waals surface area contributed by atoms with E-state index in [1.807, 2.05) is 0 Å². The summed E-state index contributed by atoms with van der Waals surface area (Å²) in [5.74, 6) is -0.995. The fourth-order valence-electron chi connectivity index (χ4n) is 1.33. The van der Waals surface area contributed by atoms with Crippen molar-refractivity contribution in [3.63, 3.8) is 0 Å². The molecule has 0 saturated heterocycles. The highest BCUT2D eigenvalue weighted by Crippen LogP contribution is 2.07. The molecule has 0 bridgehead atoms. The lowest BCUT2D eigenvalue weighted by molar-refractivity contribution is -0.158. The van der Waals surface area contributed by atoms with Crippen molar-refractivity contribution in [2.75, 3.05) is 0 Å². The van der Waals surface area contributed by atoms with E-state index in [0.717, 1.165) is 11.5 Å². The molecule has 1 aromatic rings. The smallest absolute Gasteiger partial charge is 0.337 e. The minimum Gasteiger partial charge on any atom is -0.479 e. The molecule has 0 saturated carbocycles. The van der Waals surface area contributed by atoms with Gasteiger partial charge in [-0.05, 0) is 20.8 Å². The van der Waals surface area contributed by atoms with Gasteiger partial charge in [-0.3, -0.25) is 9.36 Å². The van der Waals surface area contributed by atoms with Crippen molar-refractivity contribution in [3.8, 4) is 0 Å². The molecule has 0 aromatic carbocycles. The number of rotatable bonds is 3. The van der Waals surface area contributed by atoms with Gasteiger partial charge in [-0.1, -0.05) is 0 Å². The maximum Gasteiger partial charge on any atom is 0.337 e. The first-order valence-corrected chi connectivity index (χ1v) is 4.75. The molecule has 0 spiro atoms. The van der Waals surface area contributed by atoms with Gasteiger partial charge < -0.3 is 10.2 Å². The van der Waals surface area contributed by atoms with Crippen molar-refractivity contribution in [1.29, 1.82) is 0 Å². The van der Waals surface area contributed by atoms with E-state index in [1.165, 1.54) is 6.07 Å². The van der Waals surface area contributed by atoms with E-state index in [9.17, 15) is 14.7 Å². The Labute approximate surface area is 92.2 Å². The zero-order valence-electron chi connectivity index (χ0n) is 9.39. The van der Waals surface area contributed by atoms with Crippen LogP contribution in [0.5, 0.6) is 0 Å². The van der Waals surface area contributed by atoms with Gasteiger partial charge in [0.2, 0.25) is 0 Å². The molecule has 2 N–H and O–H groups in total. The first kappa shape index (κ1) is 12.4. The largest absolute Gasteiger partial charge is 0.479 e. The average molecular weight is 226 g/mol. The van der Waals surface area contributed by atoms with Crippen LogP contribution >= 0.6 is 0 Å². The quantitative estimate of drug-likeness (QED) is 0.738. The molecule has 1 aromatic heterocycles. The molecule has 16 heavy (non-hydrogen) atoms. The number of aryl methyl sites for hydroxylation is 2. The van der Waals surface area contributed by atoms with Gasteiger partial charge >= 0.3 is 5.97 Å². The maximum atomic E-state index is 11.6. The molecule has 88 valence electrons. The van der Waals surface area contributed by atoms with Crippen LogP contribution in [-0.2, 0) is 11.3 Å². The third-order valence-electron chi connectivity index (χ3n) is 2.25. The van der Waals surface area contributed by atoms with Gasteiger partial charge in [0.1, 0.15) is 5.82 Å². The van der Waals surface area contributed by atoms with E-state index >= 15 is 0 Å². The van der Waals surface area contributed by atoms with Crippen molar-refractivity contribution in [1.82, 2.24) is 9.55 Å². The molecule has 0 aliphatic rings. The Morgan fingerprint density at radius 2 is 2.12 bits per heavy atom. The van der Waals surface area contributed by atoms with Gasteiger partial charge in [0.15, 0.2) is 5.60 Å². The summed E-state index contributed by atoms with van der Waals surface area (Å²) in [4.78, 5) is 26.3. The number of hydrogen-bond acceptors (Lipinski definition) is 4. The fourth-order valence-corrected chi connectivity index (χ4v) is 1.33. The van der Waals surface area contributed by atoms with Gasteiger partial charge in [0.05, 0.1) is 6.54 Å². The van der Waals surface area contributed by atoms with Crippen LogP contribution in [0.1, 0.15) is 18.4 Å². The Morgan fingerprint density at radius 3 is 2.56 bits per heavy atom. The SMILES string of the molecule is Cc1cc(=O)n(CC(C)(O)C(=O)O)c(C)n1. The lowest BCUT2D eigenvalue weighted by atomic mass is 10.1. The molecule has 1 unspecified atom stereocenters. The number of aliphatic carboxylic acids is 1. The lowest BCUT2D eigenvalue weighted by Gasteiger charge is -2.20. The van der Waals surface area contributed by atoms with Crippen LogP contribution in [-0.4, -0.2) is 31.3 Å². The number of aromatic nitrogens is 2. The van der Waals surface area contributed by atoms with Crippen LogP contribution in [0.2, 0.25) is 0 Å². The van der Waals surface area contributed by atoms with Crippen LogP contribution in [0.4, 0.5) is 0 Å². The summed E-state index contributed by atoms with van der Waals surface area (Å²) in [6, 6.07) is 1.30. The van der Waals surface area contributed by atoms with Crippen LogP contribution < -0.4 is 5.56 Å². The molecule has 1 rings (SSSR count). The number of hydrogen-bond donors (Lipinski definition) is 2. The van der Waals surface area contributed by atoms with E-state index in [2.05, 4.69) is 4.98 Å². The minimum atomic E-state index is -1.98. The van der Waals surface area contributed by atoms with E-state index in [-0.39, 0.29) is 12.1 Å². The lowest BCUT2D eigenvalue weighted by Crippen LogP contribution is -2.43. The van der Waals surface area contributed by atoms with Crippen LogP contribution in [0, 0.1) is 13.8 Å². The maximum absolute atomic E-state index is 11.6. The summed E-state index contributed by atoms with van der Waals surface area (Å²) in [5.41, 5.74) is -1.79. The molecule has 1 heterocycles. The highest BCUT2D eigenvalue weighted by atomic mass is 16.4. The summed E-state index contributed by atoms with van der Waals surface area (Å²) in [7, 11) is 0. The number of aliphatic hydroxyl groups is 1. The van der Waals surface area contributed by atoms with Crippen molar-refractivity contribution in [2.45, 2.75) is 32.9 Å². The molecule has 0 fully saturated rings. The summed E-state index contributed by atoms with van der Waals surface area (Å²) < 4.78 is 1.14. The molecule has 0 aliphatic carbocycles. The highest BCUT2D eigenvalue weighted by Gasteiger charge is 2.31. The van der Waals surface area contributed by atoms with Gasteiger partial charge in [0.25, 0.3) is 5.56 Å². The van der Waals surface area contributed by atoms with Crippen LogP contribution in [0.15, 0.2) is 10.9 Å². The average Bonchev–Trinajstić information content (AvgIpc) is 2.11. The molecule has 1 atom stereocenters. The second-order valence-electron chi connectivity index (χ2n) is 3.95. The Kier molecular flexibility index (Phi) is 3.14. The third-order valence-corrected chi connectivity index (χ3v) is 2.25. The van der Waals surface area contributed by atoms with E-state index in [1.54, 1.807) is 13.8 Å². The summed E-state index contributed by atoms with van der Waals surface area (Å²) in [5, 5.41) is 18.3. The summed E-state index contributed by atoms with van der Waals surface area (Å²) in [6.45, 7) is 4.09. The zero-order valence-corrected chi connectivity index (χ0v) is 9.39. The minimum absolute atomic E-state index is 0.319. The Bertz CT molecular complexity index is 476. The summed E-state index contributed by atoms with van der Waals surface area (Å²) in [6.07, 6.45) is 0. The van der Waals surface area contributed by atoms with Crippen molar-refractivity contribution >= 4 is 5.97 Å². The molecule has 0 amide bonds. The normalized spacial score (nSPS) is 14.5. The standard InChI is InChI=1S/C10H14N2O4/c1-6-4-8(13)12(7(2)11-6)5-10(3,16)9(14)15/h4,16H,5H2,1-3H3,(H,14,15). The van der Waals surface area contributed by atoms with Gasteiger partial charge in [0, 0.05) is 11.8 Å². The molecule has 6 nitrogen and oxygen atoms in total. The number of carboxylic acid groups (broad SMARTS) is 1. The molecule has 0 aliphatic heterocycles. The third kappa shape index (κ3) is 2.46. The summed E-state index contributed by atoms with van der Waals surface area (Å²) >= 11 is 0. The van der Waals surface area contributed by atoms with Crippen molar-refractivity contribution in [3.05, 3.63) is 27.9 Å². The van der Waals surface area contributed by atoms with E-state index in [4.69, 9.17) is 5.11 Å². The molecular weight excluding hydrogens is 212 g/mol. The Balaban J connectivity index is 3.17. The fraction of sp³-hybridized carbons (Fsp3) is 0.500. The first-order chi connectivity index (χ1) is 7.24. The highest BCUT2D eigenvalue weighted by molar-refractivity contribution is 5.76. The van der Waals surface area contributed by atoms with Crippen LogP contribution in [0.25, 0.3) is 0 Å². The Morgan fingerprint density at radius 1 is 1.56 bits per heavy atom. The second-order valence-corrected chi connectivity index (χ2v) is 3.95. The van der Waals surface area contributed by atoms with Crippen molar-refractivity contribution < 1.29 is 15.0 Å². The predicted molar refractivity (Wildman–Crippen MR) is 56.2 cm³/mol. The monoisotopic (exact) mass is 226 g/mol. The Hall–Kier alpha value is -1.69. The van der Waals surface area contributed by atoms with Gasteiger partial charge in [-0.15, -0.1) is 0 Å².